The van der Waals surface area contributed by atoms with Crippen LogP contribution in [0.2, 0.25) is 0 Å². The Bertz CT molecular complexity index is 427. The summed E-state index contributed by atoms with van der Waals surface area (Å²) in [7, 11) is 0. The van der Waals surface area contributed by atoms with E-state index >= 15 is 0 Å². The SMILES string of the molecule is O=C1OCc2c1c1ccc2o1. The molecule has 3 nitrogen and oxygen atoms in total. The molecule has 11 heavy (non-hydrogen) atoms. The summed E-state index contributed by atoms with van der Waals surface area (Å²) in [6.07, 6.45) is 0. The summed E-state index contributed by atoms with van der Waals surface area (Å²) in [6, 6.07) is 3.65. The maximum absolute atomic E-state index is 11.0. The first-order valence-electron chi connectivity index (χ1n) is 3.37. The zero-order chi connectivity index (χ0) is 7.42. The van der Waals surface area contributed by atoms with Crippen LogP contribution in [0.3, 0.4) is 0 Å². The van der Waals surface area contributed by atoms with Crippen LogP contribution in [0.1, 0.15) is 15.9 Å². The second kappa shape index (κ2) is 1.39. The number of rotatable bonds is 0. The van der Waals surface area contributed by atoms with E-state index in [2.05, 4.69) is 0 Å². The maximum Gasteiger partial charge on any atom is 0.342 e. The lowest BCUT2D eigenvalue weighted by Gasteiger charge is -1.86. The molecule has 3 rings (SSSR count). The third-order valence-corrected chi connectivity index (χ3v) is 2.00. The highest BCUT2D eigenvalue weighted by molar-refractivity contribution is 6.03. The van der Waals surface area contributed by atoms with E-state index in [-0.39, 0.29) is 5.97 Å². The molecule has 0 radical (unpaired) electrons. The Morgan fingerprint density at radius 3 is 2.91 bits per heavy atom. The molecule has 1 aliphatic rings. The van der Waals surface area contributed by atoms with Crippen LogP contribution in [0.15, 0.2) is 16.5 Å². The molecule has 0 aliphatic carbocycles. The fourth-order valence-corrected chi connectivity index (χ4v) is 1.48. The molecule has 0 fully saturated rings. The highest BCUT2D eigenvalue weighted by Crippen LogP contribution is 2.33. The van der Waals surface area contributed by atoms with Crippen molar-refractivity contribution in [3.8, 4) is 0 Å². The molecule has 3 heteroatoms. The van der Waals surface area contributed by atoms with E-state index in [9.17, 15) is 4.79 Å². The van der Waals surface area contributed by atoms with Crippen molar-refractivity contribution >= 4 is 17.1 Å². The van der Waals surface area contributed by atoms with Gasteiger partial charge in [-0.1, -0.05) is 0 Å². The summed E-state index contributed by atoms with van der Waals surface area (Å²) >= 11 is 0. The molecule has 3 heterocycles. The number of ether oxygens (including phenoxy) is 1. The van der Waals surface area contributed by atoms with Gasteiger partial charge in [0.15, 0.2) is 0 Å². The smallest absolute Gasteiger partial charge is 0.342 e. The fourth-order valence-electron chi connectivity index (χ4n) is 1.48. The number of hydrogen-bond donors (Lipinski definition) is 0. The zero-order valence-electron chi connectivity index (χ0n) is 5.59. The number of carbonyl (C=O) groups excluding carboxylic acids is 1. The number of furan rings is 2. The minimum Gasteiger partial charge on any atom is -0.457 e. The normalized spacial score (nSPS) is 15.8. The lowest BCUT2D eigenvalue weighted by Crippen LogP contribution is -1.92. The Kier molecular flexibility index (Phi) is 0.656. The lowest BCUT2D eigenvalue weighted by atomic mass is 10.1. The zero-order valence-corrected chi connectivity index (χ0v) is 5.59. The maximum atomic E-state index is 11.0. The average molecular weight is 148 g/mol. The molecular formula is C8H4O3. The highest BCUT2D eigenvalue weighted by atomic mass is 16.5. The standard InChI is InChI=1S/C8H4O3/c9-8-7-4(3-10-8)5-1-2-6(7)11-5/h1-2H,3H2. The van der Waals surface area contributed by atoms with Gasteiger partial charge in [0.05, 0.1) is 5.56 Å². The van der Waals surface area contributed by atoms with E-state index in [0.29, 0.717) is 17.8 Å². The highest BCUT2D eigenvalue weighted by Gasteiger charge is 2.29. The molecule has 0 saturated carbocycles. The van der Waals surface area contributed by atoms with Gasteiger partial charge in [0.2, 0.25) is 0 Å². The van der Waals surface area contributed by atoms with Crippen LogP contribution in [0.25, 0.3) is 11.2 Å². The number of cyclic esters (lactones) is 1. The summed E-state index contributed by atoms with van der Waals surface area (Å²) in [5.74, 6) is -0.255. The molecule has 0 spiro atoms. The number of fused-ring (bicyclic) bond motifs is 5. The van der Waals surface area contributed by atoms with Gasteiger partial charge in [-0.15, -0.1) is 0 Å². The molecular weight excluding hydrogens is 144 g/mol. The van der Waals surface area contributed by atoms with Crippen molar-refractivity contribution in [2.75, 3.05) is 0 Å². The lowest BCUT2D eigenvalue weighted by molar-refractivity contribution is 0.0534. The van der Waals surface area contributed by atoms with Crippen molar-refractivity contribution in [2.45, 2.75) is 6.61 Å². The van der Waals surface area contributed by atoms with Gasteiger partial charge in [-0.25, -0.2) is 4.79 Å². The first kappa shape index (κ1) is 5.18. The van der Waals surface area contributed by atoms with E-state index in [0.717, 1.165) is 11.1 Å². The van der Waals surface area contributed by atoms with Gasteiger partial charge in [0.25, 0.3) is 0 Å². The average Bonchev–Trinajstić information content (AvgIpc) is 2.60. The fraction of sp³-hybridized carbons (Fsp3) is 0.125. The third kappa shape index (κ3) is 0.441. The monoisotopic (exact) mass is 148 g/mol. The summed E-state index contributed by atoms with van der Waals surface area (Å²) in [6.45, 7) is 0.372. The van der Waals surface area contributed by atoms with Crippen LogP contribution >= 0.6 is 0 Å². The summed E-state index contributed by atoms with van der Waals surface area (Å²) in [5, 5.41) is 0. The number of carbonyl (C=O) groups is 1. The molecule has 54 valence electrons. The van der Waals surface area contributed by atoms with Crippen molar-refractivity contribution in [1.29, 1.82) is 0 Å². The Morgan fingerprint density at radius 2 is 2.09 bits per heavy atom. The van der Waals surface area contributed by atoms with Gasteiger partial charge >= 0.3 is 5.97 Å². The van der Waals surface area contributed by atoms with Gasteiger partial charge in [0, 0.05) is 0 Å². The Morgan fingerprint density at radius 1 is 1.27 bits per heavy atom. The van der Waals surface area contributed by atoms with Crippen LogP contribution in [0, 0.1) is 0 Å². The minimum atomic E-state index is -0.255. The Labute approximate surface area is 61.9 Å². The molecule has 0 amide bonds. The van der Waals surface area contributed by atoms with Crippen LogP contribution in [0.4, 0.5) is 0 Å². The van der Waals surface area contributed by atoms with E-state index in [1.807, 2.05) is 6.07 Å². The van der Waals surface area contributed by atoms with Crippen molar-refractivity contribution in [1.82, 2.24) is 0 Å². The first-order valence-corrected chi connectivity index (χ1v) is 3.37. The Balaban J connectivity index is 2.51. The van der Waals surface area contributed by atoms with Gasteiger partial charge in [-0.05, 0) is 12.1 Å². The van der Waals surface area contributed by atoms with Crippen LogP contribution in [0.5, 0.6) is 0 Å². The quantitative estimate of drug-likeness (QED) is 0.532. The molecule has 0 atom stereocenters. The summed E-state index contributed by atoms with van der Waals surface area (Å²) in [5.41, 5.74) is 2.97. The van der Waals surface area contributed by atoms with Crippen LogP contribution in [-0.4, -0.2) is 5.97 Å². The summed E-state index contributed by atoms with van der Waals surface area (Å²) < 4.78 is 10.1. The van der Waals surface area contributed by atoms with Crippen molar-refractivity contribution < 1.29 is 13.9 Å². The van der Waals surface area contributed by atoms with E-state index in [4.69, 9.17) is 9.15 Å². The van der Waals surface area contributed by atoms with E-state index in [1.165, 1.54) is 0 Å². The predicted octanol–water partition coefficient (Wildman–Crippen LogP) is 1.54. The molecule has 2 aromatic heterocycles. The number of esters is 1. The van der Waals surface area contributed by atoms with Gasteiger partial charge in [0.1, 0.15) is 23.3 Å². The molecule has 0 saturated heterocycles. The van der Waals surface area contributed by atoms with E-state index < -0.39 is 0 Å². The Hall–Kier alpha value is -1.51. The van der Waals surface area contributed by atoms with Gasteiger partial charge < -0.3 is 9.15 Å². The van der Waals surface area contributed by atoms with Crippen LogP contribution in [-0.2, 0) is 11.3 Å². The van der Waals surface area contributed by atoms with Crippen LogP contribution < -0.4 is 0 Å². The van der Waals surface area contributed by atoms with Gasteiger partial charge in [-0.3, -0.25) is 0 Å². The molecule has 0 unspecified atom stereocenters. The minimum absolute atomic E-state index is 0.255. The molecule has 0 N–H and O–H groups in total. The molecule has 2 aromatic rings. The van der Waals surface area contributed by atoms with Crippen molar-refractivity contribution in [3.63, 3.8) is 0 Å². The van der Waals surface area contributed by atoms with Gasteiger partial charge in [-0.2, -0.15) is 0 Å². The molecule has 2 bridgehead atoms. The predicted molar refractivity (Wildman–Crippen MR) is 36.5 cm³/mol. The van der Waals surface area contributed by atoms with Crippen molar-refractivity contribution in [2.24, 2.45) is 0 Å². The largest absolute Gasteiger partial charge is 0.457 e. The molecule has 1 aliphatic heterocycles. The number of hydrogen-bond acceptors (Lipinski definition) is 3. The topological polar surface area (TPSA) is 39.4 Å². The first-order chi connectivity index (χ1) is 5.36. The second-order valence-electron chi connectivity index (χ2n) is 2.59. The summed E-state index contributed by atoms with van der Waals surface area (Å²) in [4.78, 5) is 11.0. The van der Waals surface area contributed by atoms with E-state index in [1.54, 1.807) is 6.07 Å². The second-order valence-corrected chi connectivity index (χ2v) is 2.59. The third-order valence-electron chi connectivity index (χ3n) is 2.00. The molecule has 0 aromatic carbocycles. The van der Waals surface area contributed by atoms with Crippen molar-refractivity contribution in [3.05, 3.63) is 23.3 Å². The number of benzene rings is 1.